The molecule has 0 aromatic heterocycles. The maximum absolute atomic E-state index is 11.2. The first kappa shape index (κ1) is 10.9. The monoisotopic (exact) mass is 206 g/mol. The number of nitrogens with zero attached hydrogens (tertiary/aromatic N) is 1. The number of carbonyl (C=O) groups is 1. The number of esters is 1. The summed E-state index contributed by atoms with van der Waals surface area (Å²) in [6.45, 7) is 0. The van der Waals surface area contributed by atoms with Gasteiger partial charge in [0, 0.05) is 0 Å². The van der Waals surface area contributed by atoms with Crippen LogP contribution in [-0.2, 0) is 4.74 Å². The van der Waals surface area contributed by atoms with Crippen LogP contribution in [0.15, 0.2) is 12.1 Å². The van der Waals surface area contributed by atoms with Crippen molar-refractivity contribution >= 4 is 11.7 Å². The Morgan fingerprint density at radius 1 is 1.47 bits per heavy atom. The van der Waals surface area contributed by atoms with E-state index in [0.717, 1.165) is 0 Å². The van der Waals surface area contributed by atoms with Crippen LogP contribution >= 0.6 is 0 Å². The number of benzene rings is 1. The number of hydrogen-bond donors (Lipinski definition) is 1. The molecule has 5 heteroatoms. The third-order valence-electron chi connectivity index (χ3n) is 1.86. The van der Waals surface area contributed by atoms with Crippen LogP contribution in [0.3, 0.4) is 0 Å². The van der Waals surface area contributed by atoms with Crippen molar-refractivity contribution in [1.29, 1.82) is 5.26 Å². The summed E-state index contributed by atoms with van der Waals surface area (Å²) in [4.78, 5) is 11.2. The van der Waals surface area contributed by atoms with Crippen LogP contribution in [0.5, 0.6) is 5.75 Å². The lowest BCUT2D eigenvalue weighted by Crippen LogP contribution is -2.04. The van der Waals surface area contributed by atoms with E-state index in [2.05, 4.69) is 4.74 Å². The molecule has 0 aliphatic heterocycles. The molecule has 5 nitrogen and oxygen atoms in total. The van der Waals surface area contributed by atoms with Gasteiger partial charge in [0.1, 0.15) is 6.07 Å². The normalized spacial score (nSPS) is 9.13. The molecule has 15 heavy (non-hydrogen) atoms. The zero-order valence-corrected chi connectivity index (χ0v) is 8.40. The van der Waals surface area contributed by atoms with E-state index in [-0.39, 0.29) is 22.6 Å². The minimum atomic E-state index is -0.541. The highest BCUT2D eigenvalue weighted by molar-refractivity contribution is 5.91. The number of anilines is 1. The predicted octanol–water partition coefficient (Wildman–Crippen LogP) is 0.936. The van der Waals surface area contributed by atoms with E-state index in [1.54, 1.807) is 0 Å². The highest BCUT2D eigenvalue weighted by Gasteiger charge is 2.13. The molecule has 0 aliphatic carbocycles. The Balaban J connectivity index is 3.33. The zero-order valence-electron chi connectivity index (χ0n) is 8.40. The Morgan fingerprint density at radius 3 is 2.60 bits per heavy atom. The number of nitriles is 1. The lowest BCUT2D eigenvalue weighted by molar-refractivity contribution is 0.0600. The predicted molar refractivity (Wildman–Crippen MR) is 53.5 cm³/mol. The molecule has 78 valence electrons. The second kappa shape index (κ2) is 4.33. The van der Waals surface area contributed by atoms with Crippen LogP contribution in [0, 0.1) is 11.3 Å². The molecule has 0 bridgehead atoms. The van der Waals surface area contributed by atoms with Gasteiger partial charge in [-0.25, -0.2) is 4.79 Å². The highest BCUT2D eigenvalue weighted by atomic mass is 16.5. The second-order valence-electron chi connectivity index (χ2n) is 2.75. The number of methoxy groups -OCH3 is 2. The molecule has 1 aromatic rings. The Morgan fingerprint density at radius 2 is 2.13 bits per heavy atom. The number of nitrogen functional groups attached to an aromatic ring is 1. The molecule has 0 heterocycles. The van der Waals surface area contributed by atoms with Gasteiger partial charge >= 0.3 is 5.97 Å². The van der Waals surface area contributed by atoms with Gasteiger partial charge in [-0.15, -0.1) is 0 Å². The van der Waals surface area contributed by atoms with Gasteiger partial charge in [0.15, 0.2) is 5.75 Å². The molecule has 0 saturated heterocycles. The Kier molecular flexibility index (Phi) is 3.13. The highest BCUT2D eigenvalue weighted by Crippen LogP contribution is 2.27. The Bertz CT molecular complexity index is 435. The smallest absolute Gasteiger partial charge is 0.337 e. The average molecular weight is 206 g/mol. The summed E-state index contributed by atoms with van der Waals surface area (Å²) in [5.74, 6) is -0.272. The molecule has 0 fully saturated rings. The summed E-state index contributed by atoms with van der Waals surface area (Å²) >= 11 is 0. The van der Waals surface area contributed by atoms with E-state index in [0.29, 0.717) is 0 Å². The molecule has 1 rings (SSSR count). The van der Waals surface area contributed by atoms with E-state index >= 15 is 0 Å². The zero-order chi connectivity index (χ0) is 11.4. The van der Waals surface area contributed by atoms with Crippen molar-refractivity contribution in [3.8, 4) is 11.8 Å². The molecule has 0 amide bonds. The molecular formula is C10H10N2O3. The van der Waals surface area contributed by atoms with Crippen LogP contribution in [0.1, 0.15) is 15.9 Å². The van der Waals surface area contributed by atoms with Gasteiger partial charge in [-0.3, -0.25) is 0 Å². The summed E-state index contributed by atoms with van der Waals surface area (Å²) in [5.41, 5.74) is 6.29. The van der Waals surface area contributed by atoms with Crippen LogP contribution in [-0.4, -0.2) is 20.2 Å². The quantitative estimate of drug-likeness (QED) is 0.574. The van der Waals surface area contributed by atoms with E-state index in [9.17, 15) is 4.79 Å². The molecule has 1 aromatic carbocycles. The van der Waals surface area contributed by atoms with E-state index in [1.165, 1.54) is 26.4 Å². The standard InChI is InChI=1S/C10H10N2O3/c1-14-9-7(5-11)3-6(4-8(9)12)10(13)15-2/h3-4H,12H2,1-2H3. The lowest BCUT2D eigenvalue weighted by atomic mass is 10.1. The summed E-state index contributed by atoms with van der Waals surface area (Å²) in [7, 11) is 2.67. The number of hydrogen-bond acceptors (Lipinski definition) is 5. The molecule has 0 radical (unpaired) electrons. The first-order valence-electron chi connectivity index (χ1n) is 4.10. The molecule has 0 saturated carbocycles. The van der Waals surface area contributed by atoms with Gasteiger partial charge in [-0.05, 0) is 12.1 Å². The van der Waals surface area contributed by atoms with Crippen molar-refractivity contribution in [3.63, 3.8) is 0 Å². The number of nitrogens with two attached hydrogens (primary N) is 1. The largest absolute Gasteiger partial charge is 0.493 e. The van der Waals surface area contributed by atoms with Crippen molar-refractivity contribution in [2.45, 2.75) is 0 Å². The van der Waals surface area contributed by atoms with Gasteiger partial charge in [-0.2, -0.15) is 5.26 Å². The fourth-order valence-corrected chi connectivity index (χ4v) is 1.20. The SMILES string of the molecule is COC(=O)c1cc(N)c(OC)c(C#N)c1. The number of rotatable bonds is 2. The Labute approximate surface area is 87.0 Å². The van der Waals surface area contributed by atoms with Crippen molar-refractivity contribution in [2.24, 2.45) is 0 Å². The fraction of sp³-hybridized carbons (Fsp3) is 0.200. The van der Waals surface area contributed by atoms with Crippen molar-refractivity contribution in [3.05, 3.63) is 23.3 Å². The molecule has 0 aliphatic rings. The van der Waals surface area contributed by atoms with Gasteiger partial charge in [0.2, 0.25) is 0 Å². The Hall–Kier alpha value is -2.22. The van der Waals surface area contributed by atoms with Crippen LogP contribution in [0.25, 0.3) is 0 Å². The van der Waals surface area contributed by atoms with E-state index < -0.39 is 5.97 Å². The maximum atomic E-state index is 11.2. The van der Waals surface area contributed by atoms with Crippen LogP contribution in [0.4, 0.5) is 5.69 Å². The first-order chi connectivity index (χ1) is 7.13. The number of ether oxygens (including phenoxy) is 2. The van der Waals surface area contributed by atoms with Crippen molar-refractivity contribution in [2.75, 3.05) is 20.0 Å². The second-order valence-corrected chi connectivity index (χ2v) is 2.75. The van der Waals surface area contributed by atoms with Gasteiger partial charge in [0.25, 0.3) is 0 Å². The summed E-state index contributed by atoms with van der Waals surface area (Å²) in [6, 6.07) is 4.68. The van der Waals surface area contributed by atoms with Gasteiger partial charge < -0.3 is 15.2 Å². The van der Waals surface area contributed by atoms with Gasteiger partial charge in [-0.1, -0.05) is 0 Å². The number of carbonyl (C=O) groups excluding carboxylic acids is 1. The topological polar surface area (TPSA) is 85.3 Å². The van der Waals surface area contributed by atoms with E-state index in [1.807, 2.05) is 6.07 Å². The molecule has 2 N–H and O–H groups in total. The van der Waals surface area contributed by atoms with Crippen molar-refractivity contribution in [1.82, 2.24) is 0 Å². The first-order valence-corrected chi connectivity index (χ1v) is 4.10. The third kappa shape index (κ3) is 1.99. The molecule has 0 unspecified atom stereocenters. The van der Waals surface area contributed by atoms with Crippen LogP contribution < -0.4 is 10.5 Å². The maximum Gasteiger partial charge on any atom is 0.337 e. The minimum absolute atomic E-state index is 0.206. The van der Waals surface area contributed by atoms with Crippen LogP contribution in [0.2, 0.25) is 0 Å². The fourth-order valence-electron chi connectivity index (χ4n) is 1.20. The summed E-state index contributed by atoms with van der Waals surface area (Å²) in [6.07, 6.45) is 0. The third-order valence-corrected chi connectivity index (χ3v) is 1.86. The van der Waals surface area contributed by atoms with E-state index in [4.69, 9.17) is 15.7 Å². The minimum Gasteiger partial charge on any atom is -0.493 e. The summed E-state index contributed by atoms with van der Waals surface area (Å²) < 4.78 is 9.46. The molecule has 0 spiro atoms. The molecular weight excluding hydrogens is 196 g/mol. The average Bonchev–Trinajstić information content (AvgIpc) is 2.26. The summed E-state index contributed by atoms with van der Waals surface area (Å²) in [5, 5.41) is 8.82. The van der Waals surface area contributed by atoms with Crippen molar-refractivity contribution < 1.29 is 14.3 Å². The molecule has 0 atom stereocenters. The lowest BCUT2D eigenvalue weighted by Gasteiger charge is -2.08. The van der Waals surface area contributed by atoms with Gasteiger partial charge in [0.05, 0.1) is 31.0 Å².